The van der Waals surface area contributed by atoms with E-state index in [-0.39, 0.29) is 11.4 Å². The summed E-state index contributed by atoms with van der Waals surface area (Å²) >= 11 is 0. The minimum absolute atomic E-state index is 0.171. The van der Waals surface area contributed by atoms with Crippen molar-refractivity contribution in [2.45, 2.75) is 33.1 Å². The lowest BCUT2D eigenvalue weighted by atomic mass is 9.96. The van der Waals surface area contributed by atoms with E-state index in [1.165, 1.54) is 0 Å². The number of hydrogen-bond donors (Lipinski definition) is 1. The quantitative estimate of drug-likeness (QED) is 0.830. The highest BCUT2D eigenvalue weighted by Gasteiger charge is 2.20. The van der Waals surface area contributed by atoms with Crippen molar-refractivity contribution in [3.63, 3.8) is 0 Å². The fourth-order valence-electron chi connectivity index (χ4n) is 1.51. The van der Waals surface area contributed by atoms with E-state index < -0.39 is 0 Å². The molecule has 18 heavy (non-hydrogen) atoms. The van der Waals surface area contributed by atoms with E-state index in [4.69, 9.17) is 5.73 Å². The minimum atomic E-state index is -0.171. The first-order chi connectivity index (χ1) is 8.36. The van der Waals surface area contributed by atoms with Crippen molar-refractivity contribution in [3.8, 4) is 11.5 Å². The Morgan fingerprint density at radius 3 is 2.33 bits per heavy atom. The Labute approximate surface area is 107 Å². The van der Waals surface area contributed by atoms with Crippen LogP contribution < -0.4 is 5.73 Å². The molecule has 0 bridgehead atoms. The number of nitrogens with zero attached hydrogens (tertiary/aromatic N) is 4. The van der Waals surface area contributed by atoms with Crippen LogP contribution >= 0.6 is 0 Å². The maximum absolute atomic E-state index is 5.74. The maximum atomic E-state index is 5.74. The van der Waals surface area contributed by atoms with Crippen molar-refractivity contribution in [1.29, 1.82) is 0 Å². The average molecular weight is 243 g/mol. The molecule has 2 heterocycles. The van der Waals surface area contributed by atoms with Crippen molar-refractivity contribution in [2.75, 3.05) is 5.73 Å². The van der Waals surface area contributed by atoms with Gasteiger partial charge in [0.2, 0.25) is 5.95 Å². The van der Waals surface area contributed by atoms with Crippen LogP contribution in [0.15, 0.2) is 18.2 Å². The zero-order chi connectivity index (χ0) is 13.3. The fourth-order valence-corrected chi connectivity index (χ4v) is 1.51. The summed E-state index contributed by atoms with van der Waals surface area (Å²) in [7, 11) is 0. The maximum Gasteiger partial charge on any atom is 0.223 e. The molecule has 94 valence electrons. The highest BCUT2D eigenvalue weighted by atomic mass is 15.1. The van der Waals surface area contributed by atoms with Crippen LogP contribution in [0.25, 0.3) is 11.5 Å². The molecule has 0 aliphatic heterocycles. The summed E-state index contributed by atoms with van der Waals surface area (Å²) in [5, 5.41) is 0. The largest absolute Gasteiger partial charge is 0.368 e. The van der Waals surface area contributed by atoms with E-state index in [0.29, 0.717) is 11.6 Å². The molecular weight excluding hydrogens is 226 g/mol. The molecule has 0 amide bonds. The van der Waals surface area contributed by atoms with E-state index in [2.05, 4.69) is 19.9 Å². The Morgan fingerprint density at radius 2 is 1.72 bits per heavy atom. The van der Waals surface area contributed by atoms with E-state index in [0.717, 1.165) is 11.4 Å². The predicted molar refractivity (Wildman–Crippen MR) is 70.9 cm³/mol. The number of aryl methyl sites for hydroxylation is 1. The van der Waals surface area contributed by atoms with Crippen molar-refractivity contribution in [1.82, 2.24) is 19.9 Å². The van der Waals surface area contributed by atoms with Crippen molar-refractivity contribution >= 4 is 5.95 Å². The standard InChI is InChI=1S/C13H17N5/c1-8-6-5-7-9(15-8)10-16-11(13(2,3)4)18-12(14)17-10/h5-7H,1-4H3,(H2,14,16,17,18). The number of anilines is 1. The Balaban J connectivity index is 2.55. The van der Waals surface area contributed by atoms with E-state index in [9.17, 15) is 0 Å². The smallest absolute Gasteiger partial charge is 0.223 e. The number of rotatable bonds is 1. The van der Waals surface area contributed by atoms with Gasteiger partial charge in [0.1, 0.15) is 11.5 Å². The van der Waals surface area contributed by atoms with Gasteiger partial charge in [-0.05, 0) is 19.1 Å². The number of pyridine rings is 1. The molecule has 5 nitrogen and oxygen atoms in total. The first-order valence-corrected chi connectivity index (χ1v) is 5.82. The van der Waals surface area contributed by atoms with E-state index in [1.54, 1.807) is 0 Å². The molecule has 0 aliphatic carbocycles. The zero-order valence-electron chi connectivity index (χ0n) is 11.1. The summed E-state index contributed by atoms with van der Waals surface area (Å²) in [4.78, 5) is 17.2. The second kappa shape index (κ2) is 4.33. The first kappa shape index (κ1) is 12.4. The molecule has 0 saturated carbocycles. The topological polar surface area (TPSA) is 77.6 Å². The molecule has 0 atom stereocenters. The molecule has 2 aromatic heterocycles. The summed E-state index contributed by atoms with van der Waals surface area (Å²) in [5.74, 6) is 1.43. The Bertz CT molecular complexity index is 572. The average Bonchev–Trinajstić information content (AvgIpc) is 2.27. The fraction of sp³-hybridized carbons (Fsp3) is 0.385. The highest BCUT2D eigenvalue weighted by Crippen LogP contribution is 2.21. The first-order valence-electron chi connectivity index (χ1n) is 5.82. The summed E-state index contributed by atoms with van der Waals surface area (Å²) < 4.78 is 0. The third-order valence-corrected chi connectivity index (χ3v) is 2.44. The Morgan fingerprint density at radius 1 is 1.00 bits per heavy atom. The summed E-state index contributed by atoms with van der Waals surface area (Å²) in [6.45, 7) is 8.04. The van der Waals surface area contributed by atoms with Gasteiger partial charge < -0.3 is 5.73 Å². The van der Waals surface area contributed by atoms with Crippen LogP contribution in [0.5, 0.6) is 0 Å². The highest BCUT2D eigenvalue weighted by molar-refractivity contribution is 5.50. The molecule has 5 heteroatoms. The van der Waals surface area contributed by atoms with Gasteiger partial charge in [-0.15, -0.1) is 0 Å². The minimum Gasteiger partial charge on any atom is -0.368 e. The van der Waals surface area contributed by atoms with Crippen LogP contribution in [0.1, 0.15) is 32.3 Å². The molecule has 2 aromatic rings. The van der Waals surface area contributed by atoms with Crippen molar-refractivity contribution < 1.29 is 0 Å². The van der Waals surface area contributed by atoms with E-state index >= 15 is 0 Å². The molecule has 0 spiro atoms. The van der Waals surface area contributed by atoms with Gasteiger partial charge in [0.25, 0.3) is 0 Å². The molecule has 0 saturated heterocycles. The third-order valence-electron chi connectivity index (χ3n) is 2.44. The summed E-state index contributed by atoms with van der Waals surface area (Å²) in [5.41, 5.74) is 7.21. The molecule has 0 fully saturated rings. The molecular formula is C13H17N5. The van der Waals surface area contributed by atoms with Gasteiger partial charge in [0.05, 0.1) is 0 Å². The number of hydrogen-bond acceptors (Lipinski definition) is 5. The number of aromatic nitrogens is 4. The second-order valence-electron chi connectivity index (χ2n) is 5.26. The Hall–Kier alpha value is -2.04. The molecule has 0 aliphatic rings. The lowest BCUT2D eigenvalue weighted by molar-refractivity contribution is 0.544. The van der Waals surface area contributed by atoms with Crippen LogP contribution in [0.2, 0.25) is 0 Å². The Kier molecular flexibility index (Phi) is 2.98. The van der Waals surface area contributed by atoms with E-state index in [1.807, 2.05) is 45.9 Å². The van der Waals surface area contributed by atoms with Crippen molar-refractivity contribution in [3.05, 3.63) is 29.7 Å². The lowest BCUT2D eigenvalue weighted by Gasteiger charge is -2.17. The van der Waals surface area contributed by atoms with Gasteiger partial charge in [-0.1, -0.05) is 26.8 Å². The SMILES string of the molecule is Cc1cccc(-c2nc(N)nc(C(C)(C)C)n2)n1. The van der Waals surface area contributed by atoms with Crippen LogP contribution in [-0.2, 0) is 5.41 Å². The lowest BCUT2D eigenvalue weighted by Crippen LogP contribution is -2.18. The van der Waals surface area contributed by atoms with Gasteiger partial charge in [0, 0.05) is 11.1 Å². The molecule has 0 aromatic carbocycles. The van der Waals surface area contributed by atoms with Gasteiger partial charge in [-0.2, -0.15) is 9.97 Å². The van der Waals surface area contributed by atoms with Gasteiger partial charge >= 0.3 is 0 Å². The molecule has 2 rings (SSSR count). The normalized spacial score (nSPS) is 11.6. The van der Waals surface area contributed by atoms with Crippen LogP contribution in [-0.4, -0.2) is 19.9 Å². The molecule has 0 unspecified atom stereocenters. The molecule has 2 N–H and O–H groups in total. The van der Waals surface area contributed by atoms with Crippen molar-refractivity contribution in [2.24, 2.45) is 0 Å². The number of nitrogens with two attached hydrogens (primary N) is 1. The predicted octanol–water partition coefficient (Wildman–Crippen LogP) is 2.12. The molecule has 0 radical (unpaired) electrons. The summed E-state index contributed by atoms with van der Waals surface area (Å²) in [6.07, 6.45) is 0. The summed E-state index contributed by atoms with van der Waals surface area (Å²) in [6, 6.07) is 5.72. The van der Waals surface area contributed by atoms with Gasteiger partial charge in [-0.3, -0.25) is 0 Å². The number of nitrogen functional groups attached to an aromatic ring is 1. The van der Waals surface area contributed by atoms with Crippen LogP contribution in [0, 0.1) is 6.92 Å². The second-order valence-corrected chi connectivity index (χ2v) is 5.26. The van der Waals surface area contributed by atoms with Gasteiger partial charge in [0.15, 0.2) is 5.82 Å². The zero-order valence-corrected chi connectivity index (χ0v) is 11.1. The monoisotopic (exact) mass is 243 g/mol. The van der Waals surface area contributed by atoms with Gasteiger partial charge in [-0.25, -0.2) is 9.97 Å². The van der Waals surface area contributed by atoms with Crippen LogP contribution in [0.4, 0.5) is 5.95 Å². The van der Waals surface area contributed by atoms with Crippen LogP contribution in [0.3, 0.4) is 0 Å². The third kappa shape index (κ3) is 2.61.